The second kappa shape index (κ2) is 5.55. The Labute approximate surface area is 104 Å². The molecule has 0 fully saturated rings. The molecule has 0 aliphatic heterocycles. The number of nitrogens with one attached hydrogen (secondary N) is 1. The Kier molecular flexibility index (Phi) is 3.83. The summed E-state index contributed by atoms with van der Waals surface area (Å²) in [6.07, 6.45) is 1.46. The third-order valence-electron chi connectivity index (χ3n) is 2.35. The molecule has 88 valence electrons. The summed E-state index contributed by atoms with van der Waals surface area (Å²) in [5.41, 5.74) is 0.980. The number of hydrogen-bond donors (Lipinski definition) is 1. The van der Waals surface area contributed by atoms with Gasteiger partial charge in [0, 0.05) is 6.54 Å². The molecule has 0 aliphatic carbocycles. The molecule has 3 nitrogen and oxygen atoms in total. The van der Waals surface area contributed by atoms with Crippen molar-refractivity contribution in [2.45, 2.75) is 5.38 Å². The number of hydrogen-bond acceptors (Lipinski definition) is 2. The number of carbonyl (C=O) groups is 1. The highest BCUT2D eigenvalue weighted by molar-refractivity contribution is 6.21. The van der Waals surface area contributed by atoms with Crippen LogP contribution in [0.25, 0.3) is 0 Å². The number of carbonyl (C=O) groups excluding carboxylic acids is 1. The lowest BCUT2D eigenvalue weighted by atomic mass is 10.1. The fourth-order valence-corrected chi connectivity index (χ4v) is 1.68. The molecule has 4 heteroatoms. The SMILES string of the molecule is O=C(NCC(Cl)c1ccccc1)c1ccco1. The summed E-state index contributed by atoms with van der Waals surface area (Å²) in [7, 11) is 0. The molecular weight excluding hydrogens is 238 g/mol. The number of benzene rings is 1. The average molecular weight is 250 g/mol. The van der Waals surface area contributed by atoms with Crippen molar-refractivity contribution in [2.24, 2.45) is 0 Å². The molecule has 0 bridgehead atoms. The van der Waals surface area contributed by atoms with Gasteiger partial charge in [-0.2, -0.15) is 0 Å². The zero-order valence-electron chi connectivity index (χ0n) is 9.10. The van der Waals surface area contributed by atoms with Crippen LogP contribution in [0.1, 0.15) is 21.5 Å². The second-order valence-electron chi connectivity index (χ2n) is 3.57. The maximum Gasteiger partial charge on any atom is 0.287 e. The minimum atomic E-state index is -0.253. The van der Waals surface area contributed by atoms with E-state index in [2.05, 4.69) is 5.32 Å². The van der Waals surface area contributed by atoms with Crippen molar-refractivity contribution in [2.75, 3.05) is 6.54 Å². The summed E-state index contributed by atoms with van der Waals surface area (Å²) in [6, 6.07) is 12.9. The molecule has 0 radical (unpaired) electrons. The van der Waals surface area contributed by atoms with Crippen molar-refractivity contribution in [1.82, 2.24) is 5.32 Å². The van der Waals surface area contributed by atoms with Gasteiger partial charge in [0.05, 0.1) is 11.6 Å². The van der Waals surface area contributed by atoms with Gasteiger partial charge in [-0.05, 0) is 17.7 Å². The highest BCUT2D eigenvalue weighted by atomic mass is 35.5. The molecular formula is C13H12ClNO2. The standard InChI is InChI=1S/C13H12ClNO2/c14-11(10-5-2-1-3-6-10)9-15-13(16)12-7-4-8-17-12/h1-8,11H,9H2,(H,15,16). The molecule has 0 saturated carbocycles. The zero-order chi connectivity index (χ0) is 12.1. The number of furan rings is 1. The van der Waals surface area contributed by atoms with E-state index in [0.29, 0.717) is 12.3 Å². The zero-order valence-corrected chi connectivity index (χ0v) is 9.85. The monoisotopic (exact) mass is 249 g/mol. The number of alkyl halides is 1. The van der Waals surface area contributed by atoms with E-state index in [0.717, 1.165) is 5.56 Å². The van der Waals surface area contributed by atoms with Gasteiger partial charge in [-0.3, -0.25) is 4.79 Å². The minimum absolute atomic E-state index is 0.241. The van der Waals surface area contributed by atoms with Crippen molar-refractivity contribution in [3.63, 3.8) is 0 Å². The summed E-state index contributed by atoms with van der Waals surface area (Å²) in [5.74, 6) is 0.0403. The first-order valence-corrected chi connectivity index (χ1v) is 5.72. The van der Waals surface area contributed by atoms with Crippen LogP contribution < -0.4 is 5.32 Å². The van der Waals surface area contributed by atoms with E-state index >= 15 is 0 Å². The molecule has 1 atom stereocenters. The first-order valence-electron chi connectivity index (χ1n) is 5.28. The van der Waals surface area contributed by atoms with Crippen molar-refractivity contribution in [3.8, 4) is 0 Å². The topological polar surface area (TPSA) is 42.2 Å². The van der Waals surface area contributed by atoms with Crippen LogP contribution in [0.4, 0.5) is 0 Å². The van der Waals surface area contributed by atoms with Crippen molar-refractivity contribution >= 4 is 17.5 Å². The van der Waals surface area contributed by atoms with Gasteiger partial charge in [-0.15, -0.1) is 11.6 Å². The highest BCUT2D eigenvalue weighted by Gasteiger charge is 2.12. The van der Waals surface area contributed by atoms with E-state index in [9.17, 15) is 4.79 Å². The van der Waals surface area contributed by atoms with E-state index in [-0.39, 0.29) is 11.3 Å². The number of rotatable bonds is 4. The van der Waals surface area contributed by atoms with Gasteiger partial charge in [0.15, 0.2) is 5.76 Å². The van der Waals surface area contributed by atoms with Crippen LogP contribution in [0.2, 0.25) is 0 Å². The van der Waals surface area contributed by atoms with Crippen LogP contribution in [-0.4, -0.2) is 12.5 Å². The second-order valence-corrected chi connectivity index (χ2v) is 4.09. The third kappa shape index (κ3) is 3.11. The minimum Gasteiger partial charge on any atom is -0.459 e. The molecule has 1 aromatic carbocycles. The smallest absolute Gasteiger partial charge is 0.287 e. The molecule has 1 amide bonds. The van der Waals surface area contributed by atoms with Crippen LogP contribution in [0.5, 0.6) is 0 Å². The fraction of sp³-hybridized carbons (Fsp3) is 0.154. The van der Waals surface area contributed by atoms with Crippen molar-refractivity contribution in [1.29, 1.82) is 0 Å². The molecule has 1 N–H and O–H groups in total. The fourth-order valence-electron chi connectivity index (χ4n) is 1.46. The van der Waals surface area contributed by atoms with Crippen LogP contribution in [0.15, 0.2) is 53.1 Å². The van der Waals surface area contributed by atoms with E-state index in [1.54, 1.807) is 12.1 Å². The molecule has 0 spiro atoms. The Hall–Kier alpha value is -1.74. The molecule has 1 aromatic heterocycles. The maximum absolute atomic E-state index is 11.6. The lowest BCUT2D eigenvalue weighted by Crippen LogP contribution is -2.26. The Morgan fingerprint density at radius 3 is 2.65 bits per heavy atom. The molecule has 0 saturated heterocycles. The Balaban J connectivity index is 1.89. The molecule has 0 aliphatic rings. The molecule has 2 aromatic rings. The lowest BCUT2D eigenvalue weighted by molar-refractivity contribution is 0.0926. The summed E-state index contributed by atoms with van der Waals surface area (Å²) >= 11 is 6.17. The summed E-state index contributed by atoms with van der Waals surface area (Å²) in [4.78, 5) is 11.6. The summed E-state index contributed by atoms with van der Waals surface area (Å²) < 4.78 is 4.98. The quantitative estimate of drug-likeness (QED) is 0.847. The summed E-state index contributed by atoms with van der Waals surface area (Å²) in [6.45, 7) is 0.366. The number of amides is 1. The first kappa shape index (κ1) is 11.7. The van der Waals surface area contributed by atoms with E-state index in [1.165, 1.54) is 6.26 Å². The highest BCUT2D eigenvalue weighted by Crippen LogP contribution is 2.18. The predicted molar refractivity (Wildman–Crippen MR) is 66.1 cm³/mol. The van der Waals surface area contributed by atoms with Crippen molar-refractivity contribution in [3.05, 3.63) is 60.1 Å². The Morgan fingerprint density at radius 1 is 1.24 bits per heavy atom. The predicted octanol–water partition coefficient (Wildman–Crippen LogP) is 2.99. The largest absolute Gasteiger partial charge is 0.459 e. The van der Waals surface area contributed by atoms with E-state index in [1.807, 2.05) is 30.3 Å². The van der Waals surface area contributed by atoms with Crippen molar-refractivity contribution < 1.29 is 9.21 Å². The van der Waals surface area contributed by atoms with Gasteiger partial charge in [-0.1, -0.05) is 30.3 Å². The van der Waals surface area contributed by atoms with Crippen LogP contribution in [0, 0.1) is 0 Å². The van der Waals surface area contributed by atoms with Crippen LogP contribution in [0.3, 0.4) is 0 Å². The van der Waals surface area contributed by atoms with Crippen LogP contribution >= 0.6 is 11.6 Å². The third-order valence-corrected chi connectivity index (χ3v) is 2.75. The van der Waals surface area contributed by atoms with E-state index < -0.39 is 0 Å². The Bertz CT molecular complexity index is 467. The molecule has 17 heavy (non-hydrogen) atoms. The average Bonchev–Trinajstić information content (AvgIpc) is 2.90. The maximum atomic E-state index is 11.6. The van der Waals surface area contributed by atoms with Gasteiger partial charge < -0.3 is 9.73 Å². The normalized spacial score (nSPS) is 12.1. The van der Waals surface area contributed by atoms with Gasteiger partial charge in [0.25, 0.3) is 5.91 Å². The van der Waals surface area contributed by atoms with Gasteiger partial charge >= 0.3 is 0 Å². The van der Waals surface area contributed by atoms with Gasteiger partial charge in [-0.25, -0.2) is 0 Å². The number of halogens is 1. The first-order chi connectivity index (χ1) is 8.27. The van der Waals surface area contributed by atoms with E-state index in [4.69, 9.17) is 16.0 Å². The molecule has 2 rings (SSSR count). The molecule has 1 heterocycles. The van der Waals surface area contributed by atoms with Crippen LogP contribution in [-0.2, 0) is 0 Å². The van der Waals surface area contributed by atoms with Gasteiger partial charge in [0.1, 0.15) is 0 Å². The lowest BCUT2D eigenvalue weighted by Gasteiger charge is -2.10. The summed E-state index contributed by atoms with van der Waals surface area (Å²) in [5, 5.41) is 2.48. The molecule has 1 unspecified atom stereocenters. The van der Waals surface area contributed by atoms with Gasteiger partial charge in [0.2, 0.25) is 0 Å². The Morgan fingerprint density at radius 2 is 2.00 bits per heavy atom.